The molecular formula is C18H15F2N3O. The van der Waals surface area contributed by atoms with Crippen molar-refractivity contribution in [1.29, 1.82) is 0 Å². The first-order valence-corrected chi connectivity index (χ1v) is 7.81. The molecule has 1 aliphatic rings. The van der Waals surface area contributed by atoms with Crippen LogP contribution in [0.4, 0.5) is 14.5 Å². The number of hydrogen-bond acceptors (Lipinski definition) is 3. The molecule has 0 saturated carbocycles. The Morgan fingerprint density at radius 1 is 1.17 bits per heavy atom. The van der Waals surface area contributed by atoms with E-state index in [0.717, 1.165) is 17.9 Å². The summed E-state index contributed by atoms with van der Waals surface area (Å²) in [5, 5.41) is 5.53. The highest BCUT2D eigenvalue weighted by atomic mass is 19.1. The number of benzene rings is 2. The largest absolute Gasteiger partial charge is 0.349 e. The Kier molecular flexibility index (Phi) is 3.52. The summed E-state index contributed by atoms with van der Waals surface area (Å²) in [4.78, 5) is 14.3. The van der Waals surface area contributed by atoms with Gasteiger partial charge in [-0.3, -0.25) is 4.79 Å². The molecule has 0 fully saturated rings. The first-order chi connectivity index (χ1) is 11.6. The van der Waals surface area contributed by atoms with Gasteiger partial charge in [0.1, 0.15) is 18.3 Å². The molecule has 0 atom stereocenters. The first kappa shape index (κ1) is 14.8. The fraction of sp³-hybridized carbons (Fsp3) is 0.222. The Bertz CT molecular complexity index is 984. The average molecular weight is 327 g/mol. The fourth-order valence-corrected chi connectivity index (χ4v) is 3.27. The Hall–Kier alpha value is -2.76. The van der Waals surface area contributed by atoms with Crippen molar-refractivity contribution < 1.29 is 8.78 Å². The lowest BCUT2D eigenvalue weighted by molar-refractivity contribution is 0.510. The molecule has 2 aromatic carbocycles. The van der Waals surface area contributed by atoms with Gasteiger partial charge in [-0.05, 0) is 30.5 Å². The summed E-state index contributed by atoms with van der Waals surface area (Å²) in [6, 6.07) is 9.46. The third-order valence-electron chi connectivity index (χ3n) is 4.36. The van der Waals surface area contributed by atoms with E-state index >= 15 is 0 Å². The van der Waals surface area contributed by atoms with E-state index in [9.17, 15) is 13.6 Å². The van der Waals surface area contributed by atoms with E-state index in [2.05, 4.69) is 5.10 Å². The van der Waals surface area contributed by atoms with Crippen molar-refractivity contribution in [2.45, 2.75) is 19.5 Å². The molecule has 24 heavy (non-hydrogen) atoms. The summed E-state index contributed by atoms with van der Waals surface area (Å²) < 4.78 is 29.0. The van der Waals surface area contributed by atoms with E-state index in [0.29, 0.717) is 29.6 Å². The lowest BCUT2D eigenvalue weighted by Gasteiger charge is -2.31. The van der Waals surface area contributed by atoms with Crippen LogP contribution in [0.25, 0.3) is 10.8 Å². The molecule has 0 radical (unpaired) electrons. The van der Waals surface area contributed by atoms with Gasteiger partial charge in [0, 0.05) is 18.0 Å². The number of nitrogens with zero attached hydrogens (tertiary/aromatic N) is 3. The van der Waals surface area contributed by atoms with Crippen molar-refractivity contribution in [3.05, 3.63) is 70.1 Å². The standard InChI is InChI=1S/C18H15F2N3O/c19-14-8-12-5-3-7-22(17(12)16(20)9-14)11-23-18(24)15-6-2-1-4-13(15)10-21-23/h1-2,4,6,8-10H,3,5,7,11H2. The Balaban J connectivity index is 1.76. The Morgan fingerprint density at radius 3 is 2.88 bits per heavy atom. The summed E-state index contributed by atoms with van der Waals surface area (Å²) in [6.45, 7) is 0.732. The molecule has 0 aliphatic carbocycles. The maximum atomic E-state index is 14.2. The highest BCUT2D eigenvalue weighted by Gasteiger charge is 2.22. The number of anilines is 1. The van der Waals surface area contributed by atoms with Crippen molar-refractivity contribution in [2.75, 3.05) is 11.4 Å². The van der Waals surface area contributed by atoms with Crippen molar-refractivity contribution in [2.24, 2.45) is 0 Å². The zero-order chi connectivity index (χ0) is 16.7. The smallest absolute Gasteiger partial charge is 0.276 e. The molecule has 2 heterocycles. The molecule has 4 nitrogen and oxygen atoms in total. The van der Waals surface area contributed by atoms with Gasteiger partial charge in [0.25, 0.3) is 5.56 Å². The summed E-state index contributed by atoms with van der Waals surface area (Å²) >= 11 is 0. The third-order valence-corrected chi connectivity index (χ3v) is 4.36. The van der Waals surface area contributed by atoms with Crippen LogP contribution in [0.2, 0.25) is 0 Å². The Morgan fingerprint density at radius 2 is 2.00 bits per heavy atom. The van der Waals surface area contributed by atoms with Crippen LogP contribution in [-0.2, 0) is 13.1 Å². The summed E-state index contributed by atoms with van der Waals surface area (Å²) in [6.07, 6.45) is 3.03. The maximum Gasteiger partial charge on any atom is 0.276 e. The Labute approximate surface area is 136 Å². The minimum atomic E-state index is -0.599. The fourth-order valence-electron chi connectivity index (χ4n) is 3.27. The van der Waals surface area contributed by atoms with Crippen LogP contribution in [0.15, 0.2) is 47.4 Å². The lowest BCUT2D eigenvalue weighted by Crippen LogP contribution is -2.37. The first-order valence-electron chi connectivity index (χ1n) is 7.81. The van der Waals surface area contributed by atoms with Gasteiger partial charge in [-0.1, -0.05) is 18.2 Å². The second kappa shape index (κ2) is 5.70. The number of aromatic nitrogens is 2. The highest BCUT2D eigenvalue weighted by Crippen LogP contribution is 2.31. The van der Waals surface area contributed by atoms with Gasteiger partial charge in [-0.2, -0.15) is 5.10 Å². The molecule has 122 valence electrons. The van der Waals surface area contributed by atoms with Crippen LogP contribution in [0.1, 0.15) is 12.0 Å². The molecular weight excluding hydrogens is 312 g/mol. The zero-order valence-corrected chi connectivity index (χ0v) is 12.9. The van der Waals surface area contributed by atoms with Crippen molar-refractivity contribution in [3.63, 3.8) is 0 Å². The monoisotopic (exact) mass is 327 g/mol. The molecule has 6 heteroatoms. The third kappa shape index (κ3) is 2.44. The highest BCUT2D eigenvalue weighted by molar-refractivity contribution is 5.80. The van der Waals surface area contributed by atoms with E-state index in [4.69, 9.17) is 0 Å². The average Bonchev–Trinajstić information content (AvgIpc) is 2.57. The van der Waals surface area contributed by atoms with Gasteiger partial charge in [-0.15, -0.1) is 0 Å². The topological polar surface area (TPSA) is 38.1 Å². The van der Waals surface area contributed by atoms with Crippen LogP contribution < -0.4 is 10.5 Å². The van der Waals surface area contributed by atoms with Gasteiger partial charge in [0.15, 0.2) is 0 Å². The van der Waals surface area contributed by atoms with E-state index in [-0.39, 0.29) is 12.2 Å². The SMILES string of the molecule is O=c1c2ccccc2cnn1CN1CCCc2cc(F)cc(F)c21. The molecule has 0 spiro atoms. The molecule has 4 rings (SSSR count). The summed E-state index contributed by atoms with van der Waals surface area (Å²) in [5.74, 6) is -1.17. The maximum absolute atomic E-state index is 14.2. The zero-order valence-electron chi connectivity index (χ0n) is 12.9. The van der Waals surface area contributed by atoms with E-state index in [1.165, 1.54) is 10.7 Å². The molecule has 0 unspecified atom stereocenters. The minimum Gasteiger partial charge on any atom is -0.349 e. The number of rotatable bonds is 2. The predicted octanol–water partition coefficient (Wildman–Crippen LogP) is 3.09. The normalized spacial score (nSPS) is 14.0. The van der Waals surface area contributed by atoms with Crippen LogP contribution in [-0.4, -0.2) is 16.3 Å². The lowest BCUT2D eigenvalue weighted by atomic mass is 10.0. The number of halogens is 2. The molecule has 0 N–H and O–H groups in total. The molecule has 3 aromatic rings. The van der Waals surface area contributed by atoms with Crippen molar-refractivity contribution in [3.8, 4) is 0 Å². The summed E-state index contributed by atoms with van der Waals surface area (Å²) in [5.41, 5.74) is 0.778. The van der Waals surface area contributed by atoms with Gasteiger partial charge >= 0.3 is 0 Å². The van der Waals surface area contributed by atoms with Gasteiger partial charge in [0.2, 0.25) is 0 Å². The van der Waals surface area contributed by atoms with Crippen LogP contribution in [0, 0.1) is 11.6 Å². The van der Waals surface area contributed by atoms with Gasteiger partial charge in [-0.25, -0.2) is 13.5 Å². The van der Waals surface area contributed by atoms with Crippen LogP contribution in [0.5, 0.6) is 0 Å². The van der Waals surface area contributed by atoms with Crippen LogP contribution >= 0.6 is 0 Å². The van der Waals surface area contributed by atoms with E-state index in [1.54, 1.807) is 23.2 Å². The molecule has 1 aliphatic heterocycles. The van der Waals surface area contributed by atoms with Crippen molar-refractivity contribution >= 4 is 16.5 Å². The van der Waals surface area contributed by atoms with Gasteiger partial charge in [0.05, 0.1) is 17.3 Å². The number of hydrogen-bond donors (Lipinski definition) is 0. The second-order valence-corrected chi connectivity index (χ2v) is 5.94. The minimum absolute atomic E-state index is 0.138. The van der Waals surface area contributed by atoms with Gasteiger partial charge < -0.3 is 4.90 Å². The van der Waals surface area contributed by atoms with E-state index in [1.807, 2.05) is 12.1 Å². The molecule has 1 aromatic heterocycles. The molecule has 0 amide bonds. The van der Waals surface area contributed by atoms with E-state index < -0.39 is 11.6 Å². The molecule has 0 saturated heterocycles. The van der Waals surface area contributed by atoms with Crippen LogP contribution in [0.3, 0.4) is 0 Å². The number of aryl methyl sites for hydroxylation is 1. The second-order valence-electron chi connectivity index (χ2n) is 5.94. The number of fused-ring (bicyclic) bond motifs is 2. The quantitative estimate of drug-likeness (QED) is 0.726. The summed E-state index contributed by atoms with van der Waals surface area (Å²) in [7, 11) is 0. The predicted molar refractivity (Wildman–Crippen MR) is 88.0 cm³/mol. The van der Waals surface area contributed by atoms with Crippen molar-refractivity contribution in [1.82, 2.24) is 9.78 Å². The molecule has 0 bridgehead atoms.